The average Bonchev–Trinajstić information content (AvgIpc) is 3.10. The first-order valence-corrected chi connectivity index (χ1v) is 9.31. The number of ether oxygens (including phenoxy) is 1. The highest BCUT2D eigenvalue weighted by molar-refractivity contribution is 5.86. The van der Waals surface area contributed by atoms with Crippen molar-refractivity contribution in [2.75, 3.05) is 18.0 Å². The van der Waals surface area contributed by atoms with E-state index in [1.165, 1.54) is 10.9 Å². The van der Waals surface area contributed by atoms with Gasteiger partial charge in [0, 0.05) is 57.0 Å². The molecule has 136 valence electrons. The van der Waals surface area contributed by atoms with Gasteiger partial charge in [0.15, 0.2) is 5.65 Å². The lowest BCUT2D eigenvalue weighted by Gasteiger charge is -2.33. The maximum absolute atomic E-state index is 6.35. The Hall–Kier alpha value is -3.15. The normalized spacial score (nSPS) is 15.5. The third-order valence-electron chi connectivity index (χ3n) is 5.26. The number of fused-ring (bicyclic) bond motifs is 2. The standard InChI is InChI=1S/C21H21N5O/c1-25-12-9-16-18(25)3-2-4-19(16)27-15-7-13-26(14-8-15)20-6-5-17-21(24-20)23-11-10-22-17/h2-6,9-12,15H,7-8,13-14H2,1H3. The SMILES string of the molecule is Cn1ccc2c(OC3CCN(c4ccc5nccnc5n4)CC3)cccc21. The number of pyridine rings is 1. The molecule has 6 nitrogen and oxygen atoms in total. The molecule has 0 spiro atoms. The maximum Gasteiger partial charge on any atom is 0.180 e. The summed E-state index contributed by atoms with van der Waals surface area (Å²) >= 11 is 0. The van der Waals surface area contributed by atoms with Crippen LogP contribution < -0.4 is 9.64 Å². The van der Waals surface area contributed by atoms with E-state index in [0.29, 0.717) is 5.65 Å². The van der Waals surface area contributed by atoms with Gasteiger partial charge in [0.1, 0.15) is 23.2 Å². The topological polar surface area (TPSA) is 56.1 Å². The summed E-state index contributed by atoms with van der Waals surface area (Å²) < 4.78 is 8.48. The van der Waals surface area contributed by atoms with E-state index in [2.05, 4.69) is 61.9 Å². The molecule has 0 atom stereocenters. The van der Waals surface area contributed by atoms with Crippen LogP contribution >= 0.6 is 0 Å². The molecule has 4 aromatic rings. The van der Waals surface area contributed by atoms with Gasteiger partial charge in [-0.3, -0.25) is 4.98 Å². The summed E-state index contributed by atoms with van der Waals surface area (Å²) in [5.74, 6) is 1.94. The van der Waals surface area contributed by atoms with E-state index in [1.54, 1.807) is 12.4 Å². The van der Waals surface area contributed by atoms with Gasteiger partial charge in [-0.2, -0.15) is 0 Å². The van der Waals surface area contributed by atoms with Gasteiger partial charge in [0.05, 0.1) is 5.52 Å². The van der Waals surface area contributed by atoms with Gasteiger partial charge in [0.25, 0.3) is 0 Å². The number of nitrogens with zero attached hydrogens (tertiary/aromatic N) is 5. The molecule has 3 aromatic heterocycles. The molecule has 0 amide bonds. The molecule has 5 rings (SSSR count). The molecule has 0 N–H and O–H groups in total. The lowest BCUT2D eigenvalue weighted by atomic mass is 10.1. The predicted molar refractivity (Wildman–Crippen MR) is 106 cm³/mol. The highest BCUT2D eigenvalue weighted by Gasteiger charge is 2.22. The summed E-state index contributed by atoms with van der Waals surface area (Å²) in [6.45, 7) is 1.85. The van der Waals surface area contributed by atoms with Crippen LogP contribution in [0.4, 0.5) is 5.82 Å². The summed E-state index contributed by atoms with van der Waals surface area (Å²) in [5, 5.41) is 1.18. The minimum Gasteiger partial charge on any atom is -0.490 e. The van der Waals surface area contributed by atoms with Crippen LogP contribution in [0.1, 0.15) is 12.8 Å². The van der Waals surface area contributed by atoms with E-state index in [0.717, 1.165) is 43.0 Å². The number of aromatic nitrogens is 4. The lowest BCUT2D eigenvalue weighted by molar-refractivity contribution is 0.173. The van der Waals surface area contributed by atoms with Crippen molar-refractivity contribution >= 4 is 27.9 Å². The molecule has 0 bridgehead atoms. The van der Waals surface area contributed by atoms with Gasteiger partial charge < -0.3 is 14.2 Å². The van der Waals surface area contributed by atoms with Crippen molar-refractivity contribution in [3.05, 3.63) is 55.0 Å². The Morgan fingerprint density at radius 3 is 2.74 bits per heavy atom. The van der Waals surface area contributed by atoms with Crippen molar-refractivity contribution in [1.29, 1.82) is 0 Å². The van der Waals surface area contributed by atoms with Gasteiger partial charge in [0.2, 0.25) is 0 Å². The van der Waals surface area contributed by atoms with Crippen LogP contribution in [-0.2, 0) is 7.05 Å². The molecule has 1 aromatic carbocycles. The second kappa shape index (κ2) is 6.54. The third kappa shape index (κ3) is 2.97. The Kier molecular flexibility index (Phi) is 3.89. The zero-order valence-corrected chi connectivity index (χ0v) is 15.2. The molecule has 6 heteroatoms. The summed E-state index contributed by atoms with van der Waals surface area (Å²) in [7, 11) is 2.06. The average molecular weight is 359 g/mol. The largest absolute Gasteiger partial charge is 0.490 e. The van der Waals surface area contributed by atoms with Crippen molar-refractivity contribution in [2.45, 2.75) is 18.9 Å². The van der Waals surface area contributed by atoms with Crippen LogP contribution in [0.15, 0.2) is 55.0 Å². The summed E-state index contributed by atoms with van der Waals surface area (Å²) in [5.41, 5.74) is 2.73. The highest BCUT2D eigenvalue weighted by atomic mass is 16.5. The molecule has 0 saturated carbocycles. The molecule has 1 fully saturated rings. The minimum atomic E-state index is 0.229. The number of hydrogen-bond donors (Lipinski definition) is 0. The van der Waals surface area contributed by atoms with Crippen molar-refractivity contribution < 1.29 is 4.74 Å². The van der Waals surface area contributed by atoms with Crippen molar-refractivity contribution in [1.82, 2.24) is 19.5 Å². The fourth-order valence-electron chi connectivity index (χ4n) is 3.78. The fraction of sp³-hybridized carbons (Fsp3) is 0.286. The number of anilines is 1. The zero-order valence-electron chi connectivity index (χ0n) is 15.2. The number of rotatable bonds is 3. The van der Waals surface area contributed by atoms with Gasteiger partial charge in [-0.25, -0.2) is 9.97 Å². The summed E-state index contributed by atoms with van der Waals surface area (Å²) in [6, 6.07) is 12.4. The molecule has 4 heterocycles. The predicted octanol–water partition coefficient (Wildman–Crippen LogP) is 3.56. The quantitative estimate of drug-likeness (QED) is 0.560. The number of piperidine rings is 1. The molecular formula is C21H21N5O. The molecule has 1 saturated heterocycles. The Labute approximate surface area is 157 Å². The summed E-state index contributed by atoms with van der Waals surface area (Å²) in [4.78, 5) is 15.6. The molecule has 27 heavy (non-hydrogen) atoms. The van der Waals surface area contributed by atoms with E-state index in [4.69, 9.17) is 4.74 Å². The van der Waals surface area contributed by atoms with Gasteiger partial charge in [-0.05, 0) is 30.3 Å². The van der Waals surface area contributed by atoms with E-state index in [-0.39, 0.29) is 6.10 Å². The van der Waals surface area contributed by atoms with Crippen molar-refractivity contribution in [2.24, 2.45) is 7.05 Å². The first-order valence-electron chi connectivity index (χ1n) is 9.31. The van der Waals surface area contributed by atoms with E-state index >= 15 is 0 Å². The van der Waals surface area contributed by atoms with Gasteiger partial charge in [-0.1, -0.05) is 6.07 Å². The molecule has 1 aliphatic rings. The maximum atomic E-state index is 6.35. The van der Waals surface area contributed by atoms with E-state index < -0.39 is 0 Å². The molecule has 0 radical (unpaired) electrons. The number of hydrogen-bond acceptors (Lipinski definition) is 5. The molecule has 0 aliphatic carbocycles. The first kappa shape index (κ1) is 16.1. The first-order chi connectivity index (χ1) is 13.3. The Balaban J connectivity index is 1.29. The third-order valence-corrected chi connectivity index (χ3v) is 5.26. The zero-order chi connectivity index (χ0) is 18.2. The smallest absolute Gasteiger partial charge is 0.180 e. The van der Waals surface area contributed by atoms with Crippen molar-refractivity contribution in [3.8, 4) is 5.75 Å². The Morgan fingerprint density at radius 1 is 1.00 bits per heavy atom. The van der Waals surface area contributed by atoms with Crippen LogP contribution in [-0.4, -0.2) is 38.7 Å². The molecule has 0 unspecified atom stereocenters. The van der Waals surface area contributed by atoms with Crippen LogP contribution in [0.25, 0.3) is 22.1 Å². The monoisotopic (exact) mass is 359 g/mol. The number of aryl methyl sites for hydroxylation is 1. The number of benzene rings is 1. The second-order valence-electron chi connectivity index (χ2n) is 6.99. The minimum absolute atomic E-state index is 0.229. The highest BCUT2D eigenvalue weighted by Crippen LogP contribution is 2.29. The second-order valence-corrected chi connectivity index (χ2v) is 6.99. The summed E-state index contributed by atoms with van der Waals surface area (Å²) in [6.07, 6.45) is 7.64. The molecule has 1 aliphatic heterocycles. The van der Waals surface area contributed by atoms with Gasteiger partial charge in [-0.15, -0.1) is 0 Å². The Bertz CT molecular complexity index is 1100. The van der Waals surface area contributed by atoms with Crippen LogP contribution in [0.3, 0.4) is 0 Å². The fourth-order valence-corrected chi connectivity index (χ4v) is 3.78. The Morgan fingerprint density at radius 2 is 1.85 bits per heavy atom. The van der Waals surface area contributed by atoms with E-state index in [1.807, 2.05) is 12.1 Å². The van der Waals surface area contributed by atoms with Crippen LogP contribution in [0, 0.1) is 0 Å². The van der Waals surface area contributed by atoms with E-state index in [9.17, 15) is 0 Å². The van der Waals surface area contributed by atoms with Crippen molar-refractivity contribution in [3.63, 3.8) is 0 Å². The van der Waals surface area contributed by atoms with Crippen LogP contribution in [0.5, 0.6) is 5.75 Å². The lowest BCUT2D eigenvalue weighted by Crippen LogP contribution is -2.38. The van der Waals surface area contributed by atoms with Gasteiger partial charge >= 0.3 is 0 Å². The molecular weight excluding hydrogens is 338 g/mol. The van der Waals surface area contributed by atoms with Crippen LogP contribution in [0.2, 0.25) is 0 Å².